The molecule has 0 aliphatic carbocycles. The van der Waals surface area contributed by atoms with Crippen LogP contribution in [0, 0.1) is 0 Å². The molecule has 0 amide bonds. The van der Waals surface area contributed by atoms with E-state index in [1.165, 1.54) is 5.56 Å². The molecule has 21 heavy (non-hydrogen) atoms. The molecule has 0 aliphatic heterocycles. The van der Waals surface area contributed by atoms with Crippen molar-refractivity contribution in [2.45, 2.75) is 6.42 Å². The summed E-state index contributed by atoms with van der Waals surface area (Å²) < 4.78 is 0. The number of fused-ring (bicyclic) bond motifs is 1. The van der Waals surface area contributed by atoms with Gasteiger partial charge in [-0.3, -0.25) is 4.98 Å². The minimum absolute atomic E-state index is 0.770. The largest absolute Gasteiger partial charge is 0.398 e. The van der Waals surface area contributed by atoms with E-state index in [1.807, 2.05) is 48.9 Å². The van der Waals surface area contributed by atoms with Crippen LogP contribution in [0.4, 0.5) is 11.5 Å². The van der Waals surface area contributed by atoms with Gasteiger partial charge in [-0.15, -0.1) is 0 Å². The van der Waals surface area contributed by atoms with Gasteiger partial charge in [0.1, 0.15) is 5.82 Å². The van der Waals surface area contributed by atoms with E-state index in [9.17, 15) is 0 Å². The van der Waals surface area contributed by atoms with Crippen LogP contribution in [0.3, 0.4) is 0 Å². The lowest BCUT2D eigenvalue weighted by Gasteiger charge is -2.20. The van der Waals surface area contributed by atoms with Crippen LogP contribution < -0.4 is 10.6 Å². The van der Waals surface area contributed by atoms with Crippen LogP contribution in [0.1, 0.15) is 5.56 Å². The monoisotopic (exact) mass is 278 g/mol. The number of likely N-dealkylation sites (N-methyl/N-ethyl adjacent to an activating group) is 1. The zero-order valence-electron chi connectivity index (χ0n) is 12.0. The highest BCUT2D eigenvalue weighted by atomic mass is 15.2. The Bertz CT molecular complexity index is 735. The summed E-state index contributed by atoms with van der Waals surface area (Å²) >= 11 is 0. The maximum Gasteiger partial charge on any atom is 0.138 e. The molecule has 3 aromatic rings. The van der Waals surface area contributed by atoms with Crippen LogP contribution in [0.25, 0.3) is 10.8 Å². The number of anilines is 2. The van der Waals surface area contributed by atoms with Gasteiger partial charge in [0.25, 0.3) is 0 Å². The predicted octanol–water partition coefficient (Wildman–Crippen LogP) is 2.89. The van der Waals surface area contributed by atoms with Gasteiger partial charge in [-0.25, -0.2) is 4.98 Å². The number of nitrogens with two attached hydrogens (primary N) is 1. The second-order valence-electron chi connectivity index (χ2n) is 5.11. The Balaban J connectivity index is 1.86. The summed E-state index contributed by atoms with van der Waals surface area (Å²) in [6.45, 7) is 0.879. The normalized spacial score (nSPS) is 10.7. The lowest BCUT2D eigenvalue weighted by atomic mass is 10.1. The van der Waals surface area contributed by atoms with Crippen molar-refractivity contribution in [1.29, 1.82) is 0 Å². The van der Waals surface area contributed by atoms with E-state index in [0.29, 0.717) is 0 Å². The summed E-state index contributed by atoms with van der Waals surface area (Å²) in [5, 5.41) is 2.15. The Labute approximate surface area is 124 Å². The third kappa shape index (κ3) is 2.79. The molecule has 1 aromatic carbocycles. The fourth-order valence-electron chi connectivity index (χ4n) is 2.48. The molecule has 2 heterocycles. The van der Waals surface area contributed by atoms with Crippen LogP contribution >= 0.6 is 0 Å². The first-order valence-corrected chi connectivity index (χ1v) is 6.99. The molecule has 0 fully saturated rings. The number of nitrogens with zero attached hydrogens (tertiary/aromatic N) is 3. The van der Waals surface area contributed by atoms with Crippen LogP contribution in [0.15, 0.2) is 55.0 Å². The molecule has 106 valence electrons. The van der Waals surface area contributed by atoms with Gasteiger partial charge in [-0.1, -0.05) is 12.1 Å². The SMILES string of the molecule is CN(CCc1ccncc1)c1nccc2cccc(N)c12. The Hall–Kier alpha value is -2.62. The smallest absolute Gasteiger partial charge is 0.138 e. The number of rotatable bonds is 4. The highest BCUT2D eigenvalue weighted by Gasteiger charge is 2.10. The number of aromatic nitrogens is 2. The molecule has 0 unspecified atom stereocenters. The third-order valence-electron chi connectivity index (χ3n) is 3.65. The van der Waals surface area contributed by atoms with Gasteiger partial charge in [0.15, 0.2) is 0 Å². The highest BCUT2D eigenvalue weighted by Crippen LogP contribution is 2.28. The number of hydrogen-bond donors (Lipinski definition) is 1. The van der Waals surface area contributed by atoms with E-state index in [1.54, 1.807) is 0 Å². The average Bonchev–Trinajstić information content (AvgIpc) is 2.53. The van der Waals surface area contributed by atoms with E-state index in [-0.39, 0.29) is 0 Å². The first-order valence-electron chi connectivity index (χ1n) is 6.99. The third-order valence-corrected chi connectivity index (χ3v) is 3.65. The van der Waals surface area contributed by atoms with Crippen LogP contribution in [0.2, 0.25) is 0 Å². The fraction of sp³-hybridized carbons (Fsp3) is 0.176. The van der Waals surface area contributed by atoms with Crippen molar-refractivity contribution < 1.29 is 0 Å². The number of hydrogen-bond acceptors (Lipinski definition) is 4. The molecule has 0 atom stereocenters. The molecule has 2 N–H and O–H groups in total. The molecule has 2 aromatic heterocycles. The first-order chi connectivity index (χ1) is 10.3. The van der Waals surface area contributed by atoms with Gasteiger partial charge in [0.2, 0.25) is 0 Å². The number of nitrogen functional groups attached to an aromatic ring is 1. The fourth-order valence-corrected chi connectivity index (χ4v) is 2.48. The van der Waals surface area contributed by atoms with E-state index in [4.69, 9.17) is 5.73 Å². The Morgan fingerprint density at radius 2 is 1.86 bits per heavy atom. The van der Waals surface area contributed by atoms with Gasteiger partial charge in [0.05, 0.1) is 0 Å². The van der Waals surface area contributed by atoms with Gasteiger partial charge < -0.3 is 10.6 Å². The second-order valence-corrected chi connectivity index (χ2v) is 5.11. The van der Waals surface area contributed by atoms with Crippen LogP contribution in [0.5, 0.6) is 0 Å². The molecule has 4 nitrogen and oxygen atoms in total. The number of pyridine rings is 2. The summed E-state index contributed by atoms with van der Waals surface area (Å²) in [5.74, 6) is 0.930. The summed E-state index contributed by atoms with van der Waals surface area (Å²) in [5.41, 5.74) is 8.17. The van der Waals surface area contributed by atoms with Crippen LogP contribution in [-0.2, 0) is 6.42 Å². The molecule has 0 saturated carbocycles. The quantitative estimate of drug-likeness (QED) is 0.746. The van der Waals surface area contributed by atoms with Gasteiger partial charge in [-0.2, -0.15) is 0 Å². The van der Waals surface area contributed by atoms with Crippen molar-refractivity contribution in [3.05, 3.63) is 60.6 Å². The minimum Gasteiger partial charge on any atom is -0.398 e. The van der Waals surface area contributed by atoms with Crippen molar-refractivity contribution in [1.82, 2.24) is 9.97 Å². The lowest BCUT2D eigenvalue weighted by Crippen LogP contribution is -2.21. The summed E-state index contributed by atoms with van der Waals surface area (Å²) in [4.78, 5) is 10.7. The summed E-state index contributed by atoms with van der Waals surface area (Å²) in [6.07, 6.45) is 6.43. The van der Waals surface area contributed by atoms with E-state index < -0.39 is 0 Å². The molecule has 0 radical (unpaired) electrons. The predicted molar refractivity (Wildman–Crippen MR) is 87.4 cm³/mol. The van der Waals surface area contributed by atoms with Crippen molar-refractivity contribution in [3.8, 4) is 0 Å². The molecule has 0 saturated heterocycles. The molecular formula is C17H18N4. The zero-order valence-corrected chi connectivity index (χ0v) is 12.0. The van der Waals surface area contributed by atoms with E-state index >= 15 is 0 Å². The molecule has 3 rings (SSSR count). The highest BCUT2D eigenvalue weighted by molar-refractivity contribution is 6.00. The topological polar surface area (TPSA) is 55.0 Å². The first kappa shape index (κ1) is 13.4. The second kappa shape index (κ2) is 5.79. The van der Waals surface area contributed by atoms with Gasteiger partial charge >= 0.3 is 0 Å². The van der Waals surface area contributed by atoms with Gasteiger partial charge in [-0.05, 0) is 41.6 Å². The lowest BCUT2D eigenvalue weighted by molar-refractivity contribution is 0.863. The van der Waals surface area contributed by atoms with E-state index in [0.717, 1.165) is 35.2 Å². The molecule has 0 spiro atoms. The molecular weight excluding hydrogens is 260 g/mol. The Morgan fingerprint density at radius 1 is 1.05 bits per heavy atom. The van der Waals surface area contributed by atoms with Gasteiger partial charge in [0, 0.05) is 43.3 Å². The average molecular weight is 278 g/mol. The van der Waals surface area contributed by atoms with Crippen molar-refractivity contribution in [2.24, 2.45) is 0 Å². The standard InChI is InChI=1S/C17H18N4/c1-21(12-8-13-5-9-19-10-6-13)17-16-14(7-11-20-17)3-2-4-15(16)18/h2-7,9-11H,8,12,18H2,1H3. The van der Waals surface area contributed by atoms with Crippen molar-refractivity contribution >= 4 is 22.3 Å². The van der Waals surface area contributed by atoms with Crippen LogP contribution in [-0.4, -0.2) is 23.6 Å². The van der Waals surface area contributed by atoms with Crippen molar-refractivity contribution in [2.75, 3.05) is 24.2 Å². The Morgan fingerprint density at radius 3 is 2.67 bits per heavy atom. The Kier molecular flexibility index (Phi) is 3.69. The maximum absolute atomic E-state index is 6.13. The molecule has 0 aliphatic rings. The van der Waals surface area contributed by atoms with E-state index in [2.05, 4.69) is 28.0 Å². The van der Waals surface area contributed by atoms with Crippen molar-refractivity contribution in [3.63, 3.8) is 0 Å². The maximum atomic E-state index is 6.13. The summed E-state index contributed by atoms with van der Waals surface area (Å²) in [7, 11) is 2.05. The molecule has 0 bridgehead atoms. The number of benzene rings is 1. The summed E-state index contributed by atoms with van der Waals surface area (Å²) in [6, 6.07) is 12.0. The zero-order chi connectivity index (χ0) is 14.7. The minimum atomic E-state index is 0.770. The molecule has 4 heteroatoms.